The smallest absolute Gasteiger partial charge is 0.277 e. The molecule has 0 spiro atoms. The number of nitrogens with zero attached hydrogens (tertiary/aromatic N) is 3. The van der Waals surface area contributed by atoms with Gasteiger partial charge in [0, 0.05) is 5.69 Å². The molecular formula is C16H13FN4O. The van der Waals surface area contributed by atoms with Crippen LogP contribution in [0.4, 0.5) is 10.1 Å². The average Bonchev–Trinajstić information content (AvgIpc) is 3.01. The molecule has 0 saturated carbocycles. The molecule has 3 aromatic rings. The summed E-state index contributed by atoms with van der Waals surface area (Å²) < 4.78 is 13.1. The van der Waals surface area contributed by atoms with Gasteiger partial charge in [0.2, 0.25) is 0 Å². The summed E-state index contributed by atoms with van der Waals surface area (Å²) in [4.78, 5) is 13.6. The second-order valence-corrected chi connectivity index (χ2v) is 4.77. The van der Waals surface area contributed by atoms with Gasteiger partial charge in [0.25, 0.3) is 5.91 Å². The Labute approximate surface area is 126 Å². The lowest BCUT2D eigenvalue weighted by atomic mass is 10.2. The predicted octanol–water partition coefficient (Wildman–Crippen LogP) is 2.97. The van der Waals surface area contributed by atoms with Crippen molar-refractivity contribution >= 4 is 11.6 Å². The molecular weight excluding hydrogens is 283 g/mol. The number of amides is 1. The molecule has 0 bridgehead atoms. The number of aromatic nitrogens is 3. The van der Waals surface area contributed by atoms with Crippen LogP contribution >= 0.6 is 0 Å². The van der Waals surface area contributed by atoms with Crippen molar-refractivity contribution in [3.8, 4) is 5.69 Å². The summed E-state index contributed by atoms with van der Waals surface area (Å²) >= 11 is 0. The lowest BCUT2D eigenvalue weighted by Gasteiger charge is -2.06. The van der Waals surface area contributed by atoms with Gasteiger partial charge in [-0.3, -0.25) is 4.79 Å². The molecule has 1 heterocycles. The van der Waals surface area contributed by atoms with Gasteiger partial charge in [0.05, 0.1) is 11.9 Å². The number of benzene rings is 2. The molecule has 0 radical (unpaired) electrons. The summed E-state index contributed by atoms with van der Waals surface area (Å²) in [6, 6.07) is 13.5. The van der Waals surface area contributed by atoms with Crippen molar-refractivity contribution in [3.05, 3.63) is 71.8 Å². The van der Waals surface area contributed by atoms with Crippen LogP contribution in [0.2, 0.25) is 0 Å². The third kappa shape index (κ3) is 2.85. The van der Waals surface area contributed by atoms with Crippen molar-refractivity contribution < 1.29 is 9.18 Å². The maximum absolute atomic E-state index is 13.1. The van der Waals surface area contributed by atoms with E-state index < -0.39 is 5.91 Å². The number of halogens is 1. The van der Waals surface area contributed by atoms with Crippen molar-refractivity contribution in [2.24, 2.45) is 0 Å². The molecule has 0 saturated heterocycles. The van der Waals surface area contributed by atoms with Crippen LogP contribution in [-0.2, 0) is 0 Å². The number of rotatable bonds is 3. The predicted molar refractivity (Wildman–Crippen MR) is 80.4 cm³/mol. The van der Waals surface area contributed by atoms with Gasteiger partial charge in [-0.05, 0) is 42.8 Å². The van der Waals surface area contributed by atoms with E-state index in [1.807, 2.05) is 30.3 Å². The van der Waals surface area contributed by atoms with Crippen LogP contribution in [0, 0.1) is 12.7 Å². The molecule has 22 heavy (non-hydrogen) atoms. The third-order valence-electron chi connectivity index (χ3n) is 3.15. The van der Waals surface area contributed by atoms with E-state index in [0.29, 0.717) is 11.3 Å². The van der Waals surface area contributed by atoms with Crippen molar-refractivity contribution in [1.82, 2.24) is 15.0 Å². The van der Waals surface area contributed by atoms with E-state index in [1.165, 1.54) is 29.2 Å². The minimum Gasteiger partial charge on any atom is -0.320 e. The summed E-state index contributed by atoms with van der Waals surface area (Å²) in [5.74, 6) is -0.734. The lowest BCUT2D eigenvalue weighted by Crippen LogP contribution is -2.14. The van der Waals surface area contributed by atoms with E-state index in [-0.39, 0.29) is 11.5 Å². The molecule has 0 unspecified atom stereocenters. The molecule has 1 N–H and O–H groups in total. The molecule has 110 valence electrons. The molecule has 0 atom stereocenters. The molecule has 1 amide bonds. The normalized spacial score (nSPS) is 10.5. The van der Waals surface area contributed by atoms with Crippen molar-refractivity contribution in [2.45, 2.75) is 6.92 Å². The Bertz CT molecular complexity index is 814. The Morgan fingerprint density at radius 1 is 1.18 bits per heavy atom. The number of carbonyl (C=O) groups excluding carboxylic acids is 1. The fourth-order valence-electron chi connectivity index (χ4n) is 2.01. The highest BCUT2D eigenvalue weighted by molar-refractivity contribution is 6.03. The first-order chi connectivity index (χ1) is 10.6. The molecule has 6 heteroatoms. The van der Waals surface area contributed by atoms with E-state index in [4.69, 9.17) is 0 Å². The minimum atomic E-state index is -0.392. The molecule has 0 aliphatic rings. The van der Waals surface area contributed by atoms with E-state index in [0.717, 1.165) is 5.69 Å². The third-order valence-corrected chi connectivity index (χ3v) is 3.15. The number of para-hydroxylation sites is 1. The molecule has 0 fully saturated rings. The van der Waals surface area contributed by atoms with Gasteiger partial charge in [-0.15, -0.1) is 5.10 Å². The van der Waals surface area contributed by atoms with Crippen molar-refractivity contribution in [3.63, 3.8) is 0 Å². The largest absolute Gasteiger partial charge is 0.320 e. The highest BCUT2D eigenvalue weighted by atomic mass is 19.1. The monoisotopic (exact) mass is 296 g/mol. The second-order valence-electron chi connectivity index (χ2n) is 4.77. The van der Waals surface area contributed by atoms with Gasteiger partial charge in [-0.25, -0.2) is 4.39 Å². The Hall–Kier alpha value is -3.02. The number of hydrogen-bond acceptors (Lipinski definition) is 3. The zero-order valence-electron chi connectivity index (χ0n) is 11.8. The summed E-state index contributed by atoms with van der Waals surface area (Å²) in [5.41, 5.74) is 2.14. The highest BCUT2D eigenvalue weighted by Crippen LogP contribution is 2.16. The van der Waals surface area contributed by atoms with Gasteiger partial charge in [0.1, 0.15) is 5.82 Å². The van der Waals surface area contributed by atoms with Gasteiger partial charge in [-0.1, -0.05) is 18.2 Å². The molecule has 3 rings (SSSR count). The Morgan fingerprint density at radius 3 is 2.68 bits per heavy atom. The summed E-state index contributed by atoms with van der Waals surface area (Å²) in [6.07, 6.45) is 1.39. The van der Waals surface area contributed by atoms with Gasteiger partial charge < -0.3 is 5.32 Å². The maximum Gasteiger partial charge on any atom is 0.277 e. The number of aryl methyl sites for hydroxylation is 1. The van der Waals surface area contributed by atoms with Crippen LogP contribution in [0.5, 0.6) is 0 Å². The van der Waals surface area contributed by atoms with Gasteiger partial charge >= 0.3 is 0 Å². The van der Waals surface area contributed by atoms with Gasteiger partial charge in [0.15, 0.2) is 5.69 Å². The quantitative estimate of drug-likeness (QED) is 0.808. The number of hydrogen-bond donors (Lipinski definition) is 1. The van der Waals surface area contributed by atoms with Crippen LogP contribution in [-0.4, -0.2) is 20.9 Å². The van der Waals surface area contributed by atoms with E-state index in [9.17, 15) is 9.18 Å². The topological polar surface area (TPSA) is 59.8 Å². The fraction of sp³-hybridized carbons (Fsp3) is 0.0625. The summed E-state index contributed by atoms with van der Waals surface area (Å²) in [6.45, 7) is 1.72. The van der Waals surface area contributed by atoms with Gasteiger partial charge in [-0.2, -0.15) is 9.90 Å². The lowest BCUT2D eigenvalue weighted by molar-refractivity contribution is 0.102. The van der Waals surface area contributed by atoms with Crippen LogP contribution in [0.15, 0.2) is 54.7 Å². The zero-order valence-corrected chi connectivity index (χ0v) is 11.8. The van der Waals surface area contributed by atoms with Crippen molar-refractivity contribution in [2.75, 3.05) is 5.32 Å². The molecule has 2 aromatic carbocycles. The van der Waals surface area contributed by atoms with Crippen molar-refractivity contribution in [1.29, 1.82) is 0 Å². The van der Waals surface area contributed by atoms with E-state index in [1.54, 1.807) is 6.92 Å². The first kappa shape index (κ1) is 13.9. The Balaban J connectivity index is 1.80. The number of carbonyl (C=O) groups is 1. The standard InChI is InChI=1S/C16H13FN4O/c1-11-9-12(17)7-8-14(11)19-16(22)15-10-18-21(20-15)13-5-3-2-4-6-13/h2-10H,1H3,(H,19,22). The first-order valence-electron chi connectivity index (χ1n) is 6.69. The van der Waals surface area contributed by atoms with Crippen LogP contribution < -0.4 is 5.32 Å². The zero-order chi connectivity index (χ0) is 15.5. The number of anilines is 1. The second kappa shape index (κ2) is 5.77. The molecule has 0 aliphatic carbocycles. The van der Waals surface area contributed by atoms with E-state index >= 15 is 0 Å². The summed E-state index contributed by atoms with van der Waals surface area (Å²) in [7, 11) is 0. The molecule has 0 aliphatic heterocycles. The van der Waals surface area contributed by atoms with E-state index in [2.05, 4.69) is 15.5 Å². The highest BCUT2D eigenvalue weighted by Gasteiger charge is 2.13. The minimum absolute atomic E-state index is 0.188. The fourth-order valence-corrected chi connectivity index (χ4v) is 2.01. The maximum atomic E-state index is 13.1. The molecule has 5 nitrogen and oxygen atoms in total. The Kier molecular flexibility index (Phi) is 3.65. The average molecular weight is 296 g/mol. The summed E-state index contributed by atoms with van der Waals surface area (Å²) in [5, 5.41) is 10.9. The van der Waals surface area contributed by atoms with Crippen LogP contribution in [0.1, 0.15) is 16.1 Å². The number of nitrogens with one attached hydrogen (secondary N) is 1. The SMILES string of the molecule is Cc1cc(F)ccc1NC(=O)c1cnn(-c2ccccc2)n1. The first-order valence-corrected chi connectivity index (χ1v) is 6.69. The van der Waals surface area contributed by atoms with Crippen LogP contribution in [0.25, 0.3) is 5.69 Å². The Morgan fingerprint density at radius 2 is 1.95 bits per heavy atom. The van der Waals surface area contributed by atoms with Crippen LogP contribution in [0.3, 0.4) is 0 Å². The molecule has 1 aromatic heterocycles.